The second-order valence-corrected chi connectivity index (χ2v) is 9.50. The van der Waals surface area contributed by atoms with E-state index in [1.54, 1.807) is 17.9 Å². The minimum Gasteiger partial charge on any atom is -0.444 e. The molecule has 1 N–H and O–H groups in total. The summed E-state index contributed by atoms with van der Waals surface area (Å²) >= 11 is 0. The van der Waals surface area contributed by atoms with Crippen molar-refractivity contribution in [3.63, 3.8) is 0 Å². The van der Waals surface area contributed by atoms with E-state index in [1.807, 2.05) is 26.8 Å². The minimum absolute atomic E-state index is 0.0597. The number of carbonyl (C=O) groups is 1. The molecule has 1 aromatic rings. The summed E-state index contributed by atoms with van der Waals surface area (Å²) in [7, 11) is 0. The van der Waals surface area contributed by atoms with E-state index in [4.69, 9.17) is 19.5 Å². The zero-order chi connectivity index (χ0) is 22.6. The second-order valence-electron chi connectivity index (χ2n) is 9.50. The summed E-state index contributed by atoms with van der Waals surface area (Å²) in [5.74, 6) is -0.519. The number of likely N-dealkylation sites (tertiary alicyclic amines) is 1. The number of carbonyl (C=O) groups excluding carboxylic acids is 1. The lowest BCUT2D eigenvalue weighted by molar-refractivity contribution is -0.237. The molecule has 0 aromatic heterocycles. The van der Waals surface area contributed by atoms with Crippen molar-refractivity contribution >= 4 is 11.8 Å². The maximum Gasteiger partial charge on any atom is 0.410 e. The Morgan fingerprint density at radius 2 is 1.97 bits per heavy atom. The van der Waals surface area contributed by atoms with Crippen LogP contribution in [0, 0.1) is 29.5 Å². The standard InChI is InChI=1S/C23H32FN3O4/c1-16-11-17(12-19(24)18(16)13-25)26-8-5-20-29-14-23(15-30-20)6-9-27(10-7-23)21(28)31-22(2,3)4/h11-12,20,26H,5-10,14-15H2,1-4H3. The fourth-order valence-corrected chi connectivity index (χ4v) is 3.90. The maximum atomic E-state index is 13.9. The van der Waals surface area contributed by atoms with Gasteiger partial charge in [0.2, 0.25) is 0 Å². The smallest absolute Gasteiger partial charge is 0.410 e. The number of nitrogens with one attached hydrogen (secondary N) is 1. The number of hydrogen-bond donors (Lipinski definition) is 1. The summed E-state index contributed by atoms with van der Waals surface area (Å²) in [5, 5.41) is 12.1. The lowest BCUT2D eigenvalue weighted by Crippen LogP contribution is -2.51. The normalized spacial score (nSPS) is 19.2. The summed E-state index contributed by atoms with van der Waals surface area (Å²) in [4.78, 5) is 14.0. The van der Waals surface area contributed by atoms with Crippen molar-refractivity contribution in [1.29, 1.82) is 5.26 Å². The van der Waals surface area contributed by atoms with E-state index in [0.717, 1.165) is 12.8 Å². The van der Waals surface area contributed by atoms with E-state index in [0.29, 0.717) is 50.5 Å². The first-order valence-electron chi connectivity index (χ1n) is 10.8. The van der Waals surface area contributed by atoms with Gasteiger partial charge in [-0.15, -0.1) is 0 Å². The van der Waals surface area contributed by atoms with Crippen molar-refractivity contribution < 1.29 is 23.4 Å². The fraction of sp³-hybridized carbons (Fsp3) is 0.652. The summed E-state index contributed by atoms with van der Waals surface area (Å²) in [6.07, 6.45) is 1.69. The van der Waals surface area contributed by atoms with Crippen molar-refractivity contribution in [2.45, 2.75) is 58.8 Å². The van der Waals surface area contributed by atoms with Crippen LogP contribution in [0.2, 0.25) is 0 Å². The Bertz CT molecular complexity index is 805. The number of ether oxygens (including phenoxy) is 3. The highest BCUT2D eigenvalue weighted by Gasteiger charge is 2.41. The van der Waals surface area contributed by atoms with Crippen LogP contribution >= 0.6 is 0 Å². The first-order chi connectivity index (χ1) is 14.6. The molecule has 31 heavy (non-hydrogen) atoms. The molecule has 8 heteroatoms. The van der Waals surface area contributed by atoms with Crippen molar-refractivity contribution in [2.75, 3.05) is 38.2 Å². The van der Waals surface area contributed by atoms with Gasteiger partial charge < -0.3 is 24.4 Å². The quantitative estimate of drug-likeness (QED) is 0.766. The van der Waals surface area contributed by atoms with Crippen LogP contribution < -0.4 is 5.32 Å². The maximum absolute atomic E-state index is 13.9. The van der Waals surface area contributed by atoms with Gasteiger partial charge in [0.15, 0.2) is 6.29 Å². The van der Waals surface area contributed by atoms with Crippen molar-refractivity contribution in [1.82, 2.24) is 4.90 Å². The van der Waals surface area contributed by atoms with Crippen LogP contribution in [0.3, 0.4) is 0 Å². The Kier molecular flexibility index (Phi) is 7.07. The van der Waals surface area contributed by atoms with Gasteiger partial charge in [-0.1, -0.05) is 0 Å². The van der Waals surface area contributed by atoms with Gasteiger partial charge in [-0.2, -0.15) is 5.26 Å². The minimum atomic E-state index is -0.519. The third-order valence-electron chi connectivity index (χ3n) is 5.73. The van der Waals surface area contributed by atoms with E-state index in [9.17, 15) is 9.18 Å². The molecule has 0 saturated carbocycles. The number of nitriles is 1. The summed E-state index contributed by atoms with van der Waals surface area (Å²) in [6.45, 7) is 10.4. The van der Waals surface area contributed by atoms with Crippen LogP contribution in [0.25, 0.3) is 0 Å². The molecule has 1 amide bonds. The Hall–Kier alpha value is -2.37. The number of benzene rings is 1. The number of piperidine rings is 1. The molecular weight excluding hydrogens is 401 g/mol. The van der Waals surface area contributed by atoms with Crippen LogP contribution in [0.1, 0.15) is 51.2 Å². The van der Waals surface area contributed by atoms with Crippen molar-refractivity contribution in [3.05, 3.63) is 29.1 Å². The number of amides is 1. The van der Waals surface area contributed by atoms with Crippen molar-refractivity contribution in [2.24, 2.45) is 5.41 Å². The highest BCUT2D eigenvalue weighted by Crippen LogP contribution is 2.36. The SMILES string of the molecule is Cc1cc(NCCC2OCC3(CCN(C(=O)OC(C)(C)C)CC3)CO2)cc(F)c1C#N. The topological polar surface area (TPSA) is 83.8 Å². The lowest BCUT2D eigenvalue weighted by atomic mass is 9.79. The molecule has 0 radical (unpaired) electrons. The van der Waals surface area contributed by atoms with Gasteiger partial charge >= 0.3 is 6.09 Å². The summed E-state index contributed by atoms with van der Waals surface area (Å²) in [6, 6.07) is 4.97. The third-order valence-corrected chi connectivity index (χ3v) is 5.73. The van der Waals surface area contributed by atoms with Crippen LogP contribution in [0.5, 0.6) is 0 Å². The highest BCUT2D eigenvalue weighted by atomic mass is 19.1. The molecule has 3 rings (SSSR count). The predicted molar refractivity (Wildman–Crippen MR) is 114 cm³/mol. The molecule has 1 aromatic carbocycles. The fourth-order valence-electron chi connectivity index (χ4n) is 3.90. The number of halogens is 1. The Labute approximate surface area is 183 Å². The number of rotatable bonds is 4. The molecule has 7 nitrogen and oxygen atoms in total. The average Bonchev–Trinajstić information content (AvgIpc) is 2.69. The van der Waals surface area contributed by atoms with Crippen molar-refractivity contribution in [3.8, 4) is 6.07 Å². The Morgan fingerprint density at radius 3 is 2.52 bits per heavy atom. The van der Waals surface area contributed by atoms with Gasteiger partial charge in [-0.25, -0.2) is 9.18 Å². The molecule has 170 valence electrons. The molecule has 2 fully saturated rings. The number of aryl methyl sites for hydroxylation is 1. The van der Waals surface area contributed by atoms with E-state index in [2.05, 4.69) is 5.32 Å². The molecule has 0 atom stereocenters. The van der Waals surface area contributed by atoms with Gasteiger partial charge in [0.05, 0.1) is 18.8 Å². The van der Waals surface area contributed by atoms with Gasteiger partial charge in [0.1, 0.15) is 17.5 Å². The van der Waals surface area contributed by atoms with E-state index < -0.39 is 11.4 Å². The van der Waals surface area contributed by atoms with Gasteiger partial charge in [-0.3, -0.25) is 0 Å². The second kappa shape index (κ2) is 9.41. The van der Waals surface area contributed by atoms with E-state index >= 15 is 0 Å². The molecule has 2 heterocycles. The molecule has 0 aliphatic carbocycles. The molecule has 2 aliphatic heterocycles. The largest absolute Gasteiger partial charge is 0.444 e. The number of nitrogens with zero attached hydrogens (tertiary/aromatic N) is 2. The Morgan fingerprint density at radius 1 is 1.32 bits per heavy atom. The molecule has 0 bridgehead atoms. The number of hydrogen-bond acceptors (Lipinski definition) is 6. The molecular formula is C23H32FN3O4. The monoisotopic (exact) mass is 433 g/mol. The zero-order valence-electron chi connectivity index (χ0n) is 18.8. The lowest BCUT2D eigenvalue weighted by Gasteiger charge is -2.45. The van der Waals surface area contributed by atoms with E-state index in [-0.39, 0.29) is 23.4 Å². The number of anilines is 1. The molecule has 2 saturated heterocycles. The van der Waals surface area contributed by atoms with Crippen LogP contribution in [-0.2, 0) is 14.2 Å². The van der Waals surface area contributed by atoms with Crippen LogP contribution in [0.15, 0.2) is 12.1 Å². The van der Waals surface area contributed by atoms with Gasteiger partial charge in [0, 0.05) is 37.2 Å². The highest BCUT2D eigenvalue weighted by molar-refractivity contribution is 5.68. The first-order valence-corrected chi connectivity index (χ1v) is 10.8. The van der Waals surface area contributed by atoms with E-state index in [1.165, 1.54) is 6.07 Å². The van der Waals surface area contributed by atoms with Gasteiger partial charge in [-0.05, 0) is 58.2 Å². The van der Waals surface area contributed by atoms with Crippen LogP contribution in [0.4, 0.5) is 14.9 Å². The zero-order valence-corrected chi connectivity index (χ0v) is 18.8. The average molecular weight is 434 g/mol. The molecule has 2 aliphatic rings. The van der Waals surface area contributed by atoms with Gasteiger partial charge in [0.25, 0.3) is 0 Å². The predicted octanol–water partition coefficient (Wildman–Crippen LogP) is 4.20. The Balaban J connectivity index is 1.41. The third kappa shape index (κ3) is 6.08. The molecule has 0 unspecified atom stereocenters. The molecule has 1 spiro atoms. The first kappa shape index (κ1) is 23.3. The van der Waals surface area contributed by atoms with Crippen LogP contribution in [-0.4, -0.2) is 55.7 Å². The summed E-state index contributed by atoms with van der Waals surface area (Å²) in [5.41, 5.74) is 0.765. The summed E-state index contributed by atoms with van der Waals surface area (Å²) < 4.78 is 31.3.